The summed E-state index contributed by atoms with van der Waals surface area (Å²) in [6.07, 6.45) is 47.1. The van der Waals surface area contributed by atoms with E-state index in [-0.39, 0.29) is 0 Å². The minimum absolute atomic E-state index is 0.337. The third-order valence-electron chi connectivity index (χ3n) is 22.3. The lowest BCUT2D eigenvalue weighted by Crippen LogP contribution is -2.45. The SMILES string of the molecule is CCC(CC)N1[C@@H]2CCCC[C@H]2N(C(CC)CC)P1(=O)N=Cc1ccccc1.O=P1(N=Cc2ccccc2)N(C2CCCC2)[C@@H]2CCCC[C@H]2N1C1CCCC1.O=P1(N=Cc2ccccc2)N(C2CCCCC2)[C@@H]2CCCC[C@H]2N1C1CCCCC1. The predicted molar refractivity (Wildman–Crippen MR) is 361 cm³/mol. The highest BCUT2D eigenvalue weighted by Gasteiger charge is 2.62. The van der Waals surface area contributed by atoms with Gasteiger partial charge in [-0.1, -0.05) is 221 Å². The highest BCUT2D eigenvalue weighted by Crippen LogP contribution is 2.71. The van der Waals surface area contributed by atoms with Crippen LogP contribution in [0.3, 0.4) is 0 Å². The van der Waals surface area contributed by atoms with Crippen LogP contribution in [0.4, 0.5) is 0 Å². The smallest absolute Gasteiger partial charge is 0.262 e. The molecule has 12 nitrogen and oxygen atoms in total. The molecule has 0 aromatic heterocycles. The van der Waals surface area contributed by atoms with E-state index in [0.29, 0.717) is 72.5 Å². The molecule has 0 bridgehead atoms. The van der Waals surface area contributed by atoms with Crippen molar-refractivity contribution in [2.75, 3.05) is 0 Å². The summed E-state index contributed by atoms with van der Waals surface area (Å²) in [5, 5.41) is 0. The van der Waals surface area contributed by atoms with Crippen LogP contribution in [0.25, 0.3) is 0 Å². The van der Waals surface area contributed by atoms with Gasteiger partial charge in [0, 0.05) is 91.1 Å². The molecule has 0 unspecified atom stereocenters. The Labute approximate surface area is 520 Å². The largest absolute Gasteiger partial charge is 0.330 e. The van der Waals surface area contributed by atoms with Crippen LogP contribution in [0.1, 0.15) is 263 Å². The van der Waals surface area contributed by atoms with Gasteiger partial charge >= 0.3 is 22.8 Å². The summed E-state index contributed by atoms with van der Waals surface area (Å²) >= 11 is 0. The first-order valence-corrected chi connectivity index (χ1v) is 40.2. The maximum atomic E-state index is 15.1. The van der Waals surface area contributed by atoms with Crippen molar-refractivity contribution in [3.05, 3.63) is 108 Å². The van der Waals surface area contributed by atoms with Gasteiger partial charge in [-0.3, -0.25) is 13.7 Å². The third-order valence-corrected chi connectivity index (χ3v) is 30.9. The molecule has 10 aliphatic rings. The first kappa shape index (κ1) is 64.6. The van der Waals surface area contributed by atoms with E-state index < -0.39 is 22.8 Å². The monoisotopic (exact) mass is 1230 g/mol. The molecule has 6 atom stereocenters. The van der Waals surface area contributed by atoms with Gasteiger partial charge in [0.15, 0.2) is 0 Å². The number of nitrogens with zero attached hydrogens (tertiary/aromatic N) is 9. The predicted octanol–water partition coefficient (Wildman–Crippen LogP) is 19.4. The second-order valence-corrected chi connectivity index (χ2v) is 34.0. The van der Waals surface area contributed by atoms with E-state index >= 15 is 4.57 Å². The zero-order valence-electron chi connectivity index (χ0n) is 53.5. The molecule has 7 saturated carbocycles. The minimum Gasteiger partial charge on any atom is -0.262 e. The number of hydrogen-bond acceptors (Lipinski definition) is 3. The van der Waals surface area contributed by atoms with Crippen molar-refractivity contribution in [1.82, 2.24) is 28.0 Å². The van der Waals surface area contributed by atoms with Crippen LogP contribution >= 0.6 is 22.8 Å². The van der Waals surface area contributed by atoms with Crippen LogP contribution in [0.2, 0.25) is 0 Å². The van der Waals surface area contributed by atoms with Crippen LogP contribution in [0.5, 0.6) is 0 Å². The Balaban J connectivity index is 0.000000134. The average Bonchev–Trinajstić information content (AvgIpc) is 1.70. The maximum absolute atomic E-state index is 15.1. The minimum atomic E-state index is -3.00. The highest BCUT2D eigenvalue weighted by atomic mass is 31.2. The normalized spacial score (nSPS) is 30.1. The van der Waals surface area contributed by atoms with E-state index in [1.807, 2.05) is 85.4 Å². The van der Waals surface area contributed by atoms with Crippen LogP contribution in [0.15, 0.2) is 105 Å². The van der Waals surface area contributed by atoms with Crippen LogP contribution in [0, 0.1) is 0 Å². The fourth-order valence-electron chi connectivity index (χ4n) is 18.3. The number of rotatable bonds is 16. The van der Waals surface area contributed by atoms with Crippen molar-refractivity contribution in [2.24, 2.45) is 14.3 Å². The Morgan fingerprint density at radius 2 is 0.547 bits per heavy atom. The Kier molecular flexibility index (Phi) is 22.9. The zero-order valence-corrected chi connectivity index (χ0v) is 56.1. The first-order valence-electron chi connectivity index (χ1n) is 35.5. The molecular weight excluding hydrogens is 1120 g/mol. The Hall–Kier alpha value is -2.88. The highest BCUT2D eigenvalue weighted by molar-refractivity contribution is 7.59. The van der Waals surface area contributed by atoms with Crippen LogP contribution in [-0.4, -0.2) is 119 Å². The van der Waals surface area contributed by atoms with Gasteiger partial charge in [-0.25, -0.2) is 42.3 Å². The van der Waals surface area contributed by atoms with Crippen molar-refractivity contribution in [3.63, 3.8) is 0 Å². The molecule has 3 heterocycles. The summed E-state index contributed by atoms with van der Waals surface area (Å²) in [4.78, 5) is 0. The maximum Gasteiger partial charge on any atom is 0.330 e. The van der Waals surface area contributed by atoms with Gasteiger partial charge in [0.1, 0.15) is 0 Å². The van der Waals surface area contributed by atoms with Crippen LogP contribution < -0.4 is 0 Å². The van der Waals surface area contributed by atoms with Crippen molar-refractivity contribution < 1.29 is 13.7 Å². The van der Waals surface area contributed by atoms with Gasteiger partial charge in [-0.05, 0) is 132 Å². The third kappa shape index (κ3) is 13.8. The second-order valence-electron chi connectivity index (χ2n) is 27.4. The summed E-state index contributed by atoms with van der Waals surface area (Å²) in [6, 6.07) is 35.7. The van der Waals surface area contributed by atoms with Crippen molar-refractivity contribution in [3.8, 4) is 0 Å². The van der Waals surface area contributed by atoms with E-state index in [9.17, 15) is 9.13 Å². The van der Waals surface area contributed by atoms with Crippen molar-refractivity contribution >= 4 is 41.4 Å². The van der Waals surface area contributed by atoms with Crippen LogP contribution in [-0.2, 0) is 13.7 Å². The topological polar surface area (TPSA) is 108 Å². The standard InChI is InChI=1S/C25H38N3OP.C23H34N3OP.C23H38N3OP/c29-30(26-20-21-12-4-1-5-13-21)27(22-14-6-2-7-15-22)24-18-10-11-19-25(24)28(30)23-16-8-3-9-17-23;27-28(24-18-19-10-2-1-3-11-19)25(20-12-4-5-13-20)22-16-8-9-17-23(22)26(28)21-14-6-7-15-21;1-5-20(6-2)25-22-16-12-13-17-23(22)26(21(7-3)8-4)28(25,27)24-18-19-14-10-9-11-15-19/h1,4-5,12-13,20,22-25H,2-3,6-11,14-19H2;1-3,10-11,18,20-23H,4-9,12-17H2;9-11,14-15,18,20-23H,5-8,12-13,16-17H2,1-4H3/t24-,25-;2*22-,23-/m111/s1. The Morgan fingerprint density at radius 1 is 0.326 bits per heavy atom. The first-order chi connectivity index (χ1) is 42.1. The van der Waals surface area contributed by atoms with Gasteiger partial charge in [-0.15, -0.1) is 0 Å². The van der Waals surface area contributed by atoms with Crippen molar-refractivity contribution in [2.45, 2.75) is 319 Å². The zero-order chi connectivity index (χ0) is 59.5. The molecule has 0 spiro atoms. The molecule has 0 radical (unpaired) electrons. The lowest BCUT2D eigenvalue weighted by molar-refractivity contribution is 0.133. The van der Waals surface area contributed by atoms with Gasteiger partial charge in [-0.2, -0.15) is 0 Å². The molecular formula is C71H110N9O3P3. The molecule has 7 aliphatic carbocycles. The van der Waals surface area contributed by atoms with Gasteiger partial charge in [0.2, 0.25) is 0 Å². The molecule has 13 rings (SSSR count). The lowest BCUT2D eigenvalue weighted by atomic mass is 9.86. The molecule has 3 aromatic rings. The van der Waals surface area contributed by atoms with Crippen molar-refractivity contribution in [1.29, 1.82) is 0 Å². The molecule has 0 N–H and O–H groups in total. The summed E-state index contributed by atoms with van der Waals surface area (Å²) in [6.45, 7) is 8.93. The van der Waals surface area contributed by atoms with Gasteiger partial charge in [0.05, 0.1) is 0 Å². The Morgan fingerprint density at radius 3 is 0.802 bits per heavy atom. The summed E-state index contributed by atoms with van der Waals surface area (Å²) < 4.78 is 74.4. The van der Waals surface area contributed by atoms with E-state index in [1.54, 1.807) is 0 Å². The summed E-state index contributed by atoms with van der Waals surface area (Å²) in [5.74, 6) is 0. The Bertz CT molecular complexity index is 2590. The van der Waals surface area contributed by atoms with E-state index in [2.05, 4.69) is 80.0 Å². The molecule has 3 aliphatic heterocycles. The molecule has 3 aromatic carbocycles. The summed E-state index contributed by atoms with van der Waals surface area (Å²) in [7, 11) is -8.89. The van der Waals surface area contributed by atoms with Gasteiger partial charge < -0.3 is 0 Å². The number of fused-ring (bicyclic) bond motifs is 3. The lowest BCUT2D eigenvalue weighted by Gasteiger charge is -2.39. The van der Waals surface area contributed by atoms with E-state index in [1.165, 1.54) is 180 Å². The number of hydrogen-bond donors (Lipinski definition) is 0. The van der Waals surface area contributed by atoms with Gasteiger partial charge in [0.25, 0.3) is 0 Å². The second kappa shape index (κ2) is 30.5. The van der Waals surface area contributed by atoms with E-state index in [0.717, 1.165) is 55.2 Å². The fraction of sp³-hybridized carbons (Fsp3) is 0.704. The quantitative estimate of drug-likeness (QED) is 0.102. The fourth-order valence-corrected chi connectivity index (χ4v) is 28.6. The summed E-state index contributed by atoms with van der Waals surface area (Å²) in [5.41, 5.74) is 3.15. The molecule has 10 fully saturated rings. The molecule has 86 heavy (non-hydrogen) atoms. The van der Waals surface area contributed by atoms with E-state index in [4.69, 9.17) is 14.3 Å². The molecule has 15 heteroatoms. The molecule has 472 valence electrons. The average molecular weight is 1230 g/mol. The molecule has 0 amide bonds. The molecule has 3 saturated heterocycles. The number of benzene rings is 3.